The minimum atomic E-state index is 0.443. The zero-order valence-corrected chi connectivity index (χ0v) is 6.78. The van der Waals surface area contributed by atoms with Gasteiger partial charge in [-0.1, -0.05) is 6.07 Å². The average molecular weight is 159 g/mol. The summed E-state index contributed by atoms with van der Waals surface area (Å²) in [6, 6.07) is 7.39. The van der Waals surface area contributed by atoms with Gasteiger partial charge in [0.2, 0.25) is 0 Å². The van der Waals surface area contributed by atoms with Crippen LogP contribution in [-0.2, 0) is 0 Å². The van der Waals surface area contributed by atoms with Gasteiger partial charge in [0.15, 0.2) is 0 Å². The quantitative estimate of drug-likeness (QED) is 0.628. The van der Waals surface area contributed by atoms with Crippen molar-refractivity contribution >= 4 is 5.70 Å². The van der Waals surface area contributed by atoms with Crippen molar-refractivity contribution in [3.63, 3.8) is 0 Å². The van der Waals surface area contributed by atoms with Gasteiger partial charge in [-0.25, -0.2) is 0 Å². The molecule has 12 heavy (non-hydrogen) atoms. The molecule has 0 saturated heterocycles. The zero-order valence-electron chi connectivity index (χ0n) is 6.78. The van der Waals surface area contributed by atoms with Crippen LogP contribution in [0, 0.1) is 11.3 Å². The van der Waals surface area contributed by atoms with Crippen molar-refractivity contribution in [1.82, 2.24) is 4.98 Å². The van der Waals surface area contributed by atoms with Crippen LogP contribution in [0.2, 0.25) is 0 Å². The lowest BCUT2D eigenvalue weighted by atomic mass is 10.2. The minimum absolute atomic E-state index is 0.443. The fraction of sp³-hybridized carbons (Fsp3) is 0.111. The Kier molecular flexibility index (Phi) is 2.44. The maximum Gasteiger partial charge on any atom is 0.0966 e. The molecule has 3 nitrogen and oxygen atoms in total. The van der Waals surface area contributed by atoms with Crippen molar-refractivity contribution in [2.75, 3.05) is 0 Å². The standard InChI is InChI=1S/C9H9N3/c1-7(6-10)9(11)8-4-2-3-5-12-8/h2-5H,11H2,1H3/b9-7-. The Morgan fingerprint density at radius 1 is 1.58 bits per heavy atom. The predicted octanol–water partition coefficient (Wildman–Crippen LogP) is 1.29. The lowest BCUT2D eigenvalue weighted by molar-refractivity contribution is 1.24. The second-order valence-corrected chi connectivity index (χ2v) is 2.37. The van der Waals surface area contributed by atoms with E-state index in [1.807, 2.05) is 12.1 Å². The van der Waals surface area contributed by atoms with Gasteiger partial charge in [-0.15, -0.1) is 0 Å². The fourth-order valence-electron chi connectivity index (χ4n) is 0.774. The highest BCUT2D eigenvalue weighted by Gasteiger charge is 1.99. The van der Waals surface area contributed by atoms with Crippen LogP contribution >= 0.6 is 0 Å². The molecule has 0 amide bonds. The van der Waals surface area contributed by atoms with E-state index in [1.165, 1.54) is 0 Å². The summed E-state index contributed by atoms with van der Waals surface area (Å²) in [6.45, 7) is 1.67. The van der Waals surface area contributed by atoms with Crippen LogP contribution < -0.4 is 5.73 Å². The van der Waals surface area contributed by atoms with E-state index in [9.17, 15) is 0 Å². The van der Waals surface area contributed by atoms with Gasteiger partial charge < -0.3 is 5.73 Å². The van der Waals surface area contributed by atoms with Crippen molar-refractivity contribution in [3.8, 4) is 6.07 Å². The Bertz CT molecular complexity index is 333. The number of nitriles is 1. The zero-order chi connectivity index (χ0) is 8.97. The fourth-order valence-corrected chi connectivity index (χ4v) is 0.774. The Labute approximate surface area is 71.2 Å². The molecule has 2 N–H and O–H groups in total. The number of hydrogen-bond acceptors (Lipinski definition) is 3. The number of hydrogen-bond donors (Lipinski definition) is 1. The molecule has 1 aromatic rings. The second kappa shape index (κ2) is 3.54. The van der Waals surface area contributed by atoms with Crippen LogP contribution in [0.1, 0.15) is 12.6 Å². The number of pyridine rings is 1. The van der Waals surface area contributed by atoms with Crippen molar-refractivity contribution in [2.24, 2.45) is 5.73 Å². The molecule has 1 rings (SSSR count). The molecule has 1 heterocycles. The van der Waals surface area contributed by atoms with E-state index < -0.39 is 0 Å². The SMILES string of the molecule is C/C(C#N)=C(/N)c1ccccn1. The van der Waals surface area contributed by atoms with Gasteiger partial charge in [0.1, 0.15) is 0 Å². The third kappa shape index (κ3) is 1.61. The summed E-state index contributed by atoms with van der Waals surface area (Å²) in [4.78, 5) is 4.01. The molecule has 0 unspecified atom stereocenters. The Morgan fingerprint density at radius 2 is 2.33 bits per heavy atom. The van der Waals surface area contributed by atoms with Crippen LogP contribution in [0.15, 0.2) is 30.0 Å². The third-order valence-corrected chi connectivity index (χ3v) is 1.51. The van der Waals surface area contributed by atoms with Crippen LogP contribution in [0.25, 0.3) is 5.70 Å². The van der Waals surface area contributed by atoms with Gasteiger partial charge in [-0.05, 0) is 19.1 Å². The molecule has 0 aliphatic heterocycles. The summed E-state index contributed by atoms with van der Waals surface area (Å²) in [5.74, 6) is 0. The normalized spacial score (nSPS) is 11.7. The summed E-state index contributed by atoms with van der Waals surface area (Å²) in [6.07, 6.45) is 1.65. The molecular weight excluding hydrogens is 150 g/mol. The van der Waals surface area contributed by atoms with E-state index in [0.29, 0.717) is 17.0 Å². The van der Waals surface area contributed by atoms with E-state index in [2.05, 4.69) is 4.98 Å². The summed E-state index contributed by atoms with van der Waals surface area (Å²) < 4.78 is 0. The molecule has 0 spiro atoms. The maximum atomic E-state index is 8.55. The lowest BCUT2D eigenvalue weighted by Crippen LogP contribution is -2.00. The van der Waals surface area contributed by atoms with Gasteiger partial charge in [0, 0.05) is 6.20 Å². The predicted molar refractivity (Wildman–Crippen MR) is 46.6 cm³/mol. The van der Waals surface area contributed by atoms with Crippen LogP contribution in [0.4, 0.5) is 0 Å². The summed E-state index contributed by atoms with van der Waals surface area (Å²) in [7, 11) is 0. The van der Waals surface area contributed by atoms with Crippen LogP contribution in [0.5, 0.6) is 0 Å². The van der Waals surface area contributed by atoms with Gasteiger partial charge >= 0.3 is 0 Å². The van der Waals surface area contributed by atoms with Gasteiger partial charge in [0.05, 0.1) is 23.0 Å². The highest BCUT2D eigenvalue weighted by Crippen LogP contribution is 2.08. The molecular formula is C9H9N3. The molecule has 0 atom stereocenters. The first-order chi connectivity index (χ1) is 5.75. The largest absolute Gasteiger partial charge is 0.396 e. The molecule has 0 radical (unpaired) electrons. The lowest BCUT2D eigenvalue weighted by Gasteiger charge is -1.99. The Hall–Kier alpha value is -1.82. The van der Waals surface area contributed by atoms with Crippen LogP contribution in [-0.4, -0.2) is 4.98 Å². The number of nitrogens with zero attached hydrogens (tertiary/aromatic N) is 2. The van der Waals surface area contributed by atoms with Crippen molar-refractivity contribution < 1.29 is 0 Å². The molecule has 0 aromatic carbocycles. The number of allylic oxidation sites excluding steroid dienone is 1. The summed E-state index contributed by atoms with van der Waals surface area (Å²) >= 11 is 0. The Morgan fingerprint density at radius 3 is 2.83 bits per heavy atom. The van der Waals surface area contributed by atoms with Gasteiger partial charge in [-0.2, -0.15) is 5.26 Å². The number of rotatable bonds is 1. The number of nitrogens with two attached hydrogens (primary N) is 1. The molecule has 60 valence electrons. The molecule has 0 fully saturated rings. The van der Waals surface area contributed by atoms with E-state index in [0.717, 1.165) is 0 Å². The van der Waals surface area contributed by atoms with E-state index in [-0.39, 0.29) is 0 Å². The number of aromatic nitrogens is 1. The highest BCUT2D eigenvalue weighted by atomic mass is 14.7. The molecule has 0 aliphatic carbocycles. The first-order valence-corrected chi connectivity index (χ1v) is 3.53. The summed E-state index contributed by atoms with van der Waals surface area (Å²) in [5, 5.41) is 8.55. The molecule has 3 heteroatoms. The van der Waals surface area contributed by atoms with Gasteiger partial charge in [0.25, 0.3) is 0 Å². The molecule has 1 aromatic heterocycles. The third-order valence-electron chi connectivity index (χ3n) is 1.51. The van der Waals surface area contributed by atoms with E-state index in [1.54, 1.807) is 25.3 Å². The first-order valence-electron chi connectivity index (χ1n) is 3.53. The van der Waals surface area contributed by atoms with Crippen molar-refractivity contribution in [3.05, 3.63) is 35.7 Å². The Balaban J connectivity index is 3.11. The summed E-state index contributed by atoms with van der Waals surface area (Å²) in [5.41, 5.74) is 7.23. The monoisotopic (exact) mass is 159 g/mol. The minimum Gasteiger partial charge on any atom is -0.396 e. The maximum absolute atomic E-state index is 8.55. The smallest absolute Gasteiger partial charge is 0.0966 e. The van der Waals surface area contributed by atoms with Crippen molar-refractivity contribution in [1.29, 1.82) is 5.26 Å². The van der Waals surface area contributed by atoms with Gasteiger partial charge in [-0.3, -0.25) is 4.98 Å². The molecule has 0 saturated carbocycles. The van der Waals surface area contributed by atoms with Crippen molar-refractivity contribution in [2.45, 2.75) is 6.92 Å². The first kappa shape index (κ1) is 8.28. The van der Waals surface area contributed by atoms with E-state index in [4.69, 9.17) is 11.0 Å². The van der Waals surface area contributed by atoms with E-state index >= 15 is 0 Å². The topological polar surface area (TPSA) is 62.7 Å². The second-order valence-electron chi connectivity index (χ2n) is 2.37. The molecule has 0 bridgehead atoms. The molecule has 0 aliphatic rings. The van der Waals surface area contributed by atoms with Crippen LogP contribution in [0.3, 0.4) is 0 Å². The average Bonchev–Trinajstić information content (AvgIpc) is 2.17. The highest BCUT2D eigenvalue weighted by molar-refractivity contribution is 5.65.